The molecule has 4 aromatic carbocycles. The first-order valence-electron chi connectivity index (χ1n) is 12.1. The highest BCUT2D eigenvalue weighted by Crippen LogP contribution is 2.31. The lowest BCUT2D eigenvalue weighted by Crippen LogP contribution is -2.31. The van der Waals surface area contributed by atoms with E-state index in [9.17, 15) is 13.2 Å². The molecule has 0 bridgehead atoms. The van der Waals surface area contributed by atoms with Crippen LogP contribution in [0.2, 0.25) is 5.02 Å². The number of ether oxygens (including phenoxy) is 1. The minimum absolute atomic E-state index is 0.0227. The Labute approximate surface area is 228 Å². The van der Waals surface area contributed by atoms with E-state index in [1.807, 2.05) is 32.9 Å². The molecule has 0 aliphatic rings. The summed E-state index contributed by atoms with van der Waals surface area (Å²) in [6, 6.07) is 27.5. The Morgan fingerprint density at radius 1 is 0.921 bits per heavy atom. The summed E-state index contributed by atoms with van der Waals surface area (Å²) in [7, 11) is -3.89. The predicted octanol–water partition coefficient (Wildman–Crippen LogP) is 7.08. The molecule has 0 unspecified atom stereocenters. The number of carbonyl (C=O) groups excluding carboxylic acids is 1. The van der Waals surface area contributed by atoms with Crippen molar-refractivity contribution in [3.63, 3.8) is 0 Å². The second kappa shape index (κ2) is 11.7. The Balaban J connectivity index is 1.58. The van der Waals surface area contributed by atoms with Gasteiger partial charge in [0.05, 0.1) is 23.2 Å². The Morgan fingerprint density at radius 3 is 2.32 bits per heavy atom. The van der Waals surface area contributed by atoms with Crippen LogP contribution in [0.5, 0.6) is 5.75 Å². The fourth-order valence-electron chi connectivity index (χ4n) is 3.92. The van der Waals surface area contributed by atoms with E-state index in [2.05, 4.69) is 5.32 Å². The van der Waals surface area contributed by atoms with Crippen molar-refractivity contribution >= 4 is 38.9 Å². The third-order valence-electron chi connectivity index (χ3n) is 5.78. The molecule has 6 nitrogen and oxygen atoms in total. The van der Waals surface area contributed by atoms with Crippen molar-refractivity contribution in [2.45, 2.75) is 38.3 Å². The van der Waals surface area contributed by atoms with E-state index < -0.39 is 10.0 Å². The normalized spacial score (nSPS) is 11.3. The summed E-state index contributed by atoms with van der Waals surface area (Å²) in [5.41, 5.74) is 3.04. The van der Waals surface area contributed by atoms with E-state index in [4.69, 9.17) is 16.3 Å². The predicted molar refractivity (Wildman–Crippen MR) is 153 cm³/mol. The molecule has 0 spiro atoms. The number of sulfonamides is 1. The lowest BCUT2D eigenvalue weighted by Gasteiger charge is -2.26. The van der Waals surface area contributed by atoms with Crippen LogP contribution < -0.4 is 14.4 Å². The Hall–Kier alpha value is -3.81. The molecule has 8 heteroatoms. The summed E-state index contributed by atoms with van der Waals surface area (Å²) >= 11 is 6.24. The zero-order chi connectivity index (χ0) is 27.3. The van der Waals surface area contributed by atoms with Crippen LogP contribution in [0.15, 0.2) is 102 Å². The molecule has 196 valence electrons. The first kappa shape index (κ1) is 27.2. The van der Waals surface area contributed by atoms with Gasteiger partial charge in [0.1, 0.15) is 5.75 Å². The average molecular weight is 549 g/mol. The second-order valence-electron chi connectivity index (χ2n) is 9.10. The summed E-state index contributed by atoms with van der Waals surface area (Å²) in [5, 5.41) is 3.32. The van der Waals surface area contributed by atoms with Gasteiger partial charge in [-0.25, -0.2) is 8.42 Å². The smallest absolute Gasteiger partial charge is 0.264 e. The van der Waals surface area contributed by atoms with Gasteiger partial charge in [-0.05, 0) is 80.4 Å². The van der Waals surface area contributed by atoms with Gasteiger partial charge in [0.2, 0.25) is 0 Å². The van der Waals surface area contributed by atoms with E-state index in [0.29, 0.717) is 33.3 Å². The van der Waals surface area contributed by atoms with Crippen molar-refractivity contribution in [1.29, 1.82) is 0 Å². The van der Waals surface area contributed by atoms with Crippen molar-refractivity contribution in [3.05, 3.63) is 119 Å². The van der Waals surface area contributed by atoms with Crippen LogP contribution in [0.4, 0.5) is 11.4 Å². The van der Waals surface area contributed by atoms with E-state index in [1.165, 1.54) is 4.31 Å². The largest absolute Gasteiger partial charge is 0.491 e. The molecule has 0 saturated carbocycles. The molecule has 0 saturated heterocycles. The van der Waals surface area contributed by atoms with Crippen LogP contribution in [-0.4, -0.2) is 20.4 Å². The molecule has 0 aliphatic heterocycles. The van der Waals surface area contributed by atoms with E-state index in [0.717, 1.165) is 5.56 Å². The van der Waals surface area contributed by atoms with Gasteiger partial charge in [0.25, 0.3) is 15.9 Å². The molecule has 0 aliphatic carbocycles. The van der Waals surface area contributed by atoms with Gasteiger partial charge < -0.3 is 10.1 Å². The molecule has 38 heavy (non-hydrogen) atoms. The first-order valence-corrected chi connectivity index (χ1v) is 14.0. The molecule has 0 heterocycles. The summed E-state index contributed by atoms with van der Waals surface area (Å²) in [6.07, 6.45) is 0.0227. The maximum absolute atomic E-state index is 13.7. The van der Waals surface area contributed by atoms with Gasteiger partial charge in [-0.2, -0.15) is 0 Å². The topological polar surface area (TPSA) is 75.7 Å². The maximum atomic E-state index is 13.7. The monoisotopic (exact) mass is 548 g/mol. The number of anilines is 2. The van der Waals surface area contributed by atoms with Crippen LogP contribution in [0.1, 0.15) is 35.3 Å². The van der Waals surface area contributed by atoms with Crippen molar-refractivity contribution in [2.75, 3.05) is 9.62 Å². The third kappa shape index (κ3) is 6.54. The van der Waals surface area contributed by atoms with E-state index in [1.54, 1.807) is 84.9 Å². The number of nitrogens with one attached hydrogen (secondary N) is 1. The highest BCUT2D eigenvalue weighted by Gasteiger charge is 2.26. The van der Waals surface area contributed by atoms with E-state index in [-0.39, 0.29) is 23.5 Å². The van der Waals surface area contributed by atoms with Crippen molar-refractivity contribution in [1.82, 2.24) is 0 Å². The molecule has 4 rings (SSSR count). The molecule has 0 radical (unpaired) electrons. The van der Waals surface area contributed by atoms with Crippen LogP contribution in [-0.2, 0) is 16.6 Å². The Bertz CT molecular complexity index is 1520. The Morgan fingerprint density at radius 2 is 1.63 bits per heavy atom. The fraction of sp³-hybridized carbons (Fsp3) is 0.167. The molecule has 1 amide bonds. The quantitative estimate of drug-likeness (QED) is 0.242. The summed E-state index contributed by atoms with van der Waals surface area (Å²) in [5.74, 6) is 0.391. The molecule has 0 fully saturated rings. The van der Waals surface area contributed by atoms with Gasteiger partial charge in [0, 0.05) is 22.3 Å². The van der Waals surface area contributed by atoms with Gasteiger partial charge in [-0.15, -0.1) is 0 Å². The summed E-state index contributed by atoms with van der Waals surface area (Å²) in [6.45, 7) is 5.78. The number of aryl methyl sites for hydroxylation is 1. The van der Waals surface area contributed by atoms with Gasteiger partial charge in [-0.3, -0.25) is 9.10 Å². The third-order valence-corrected chi connectivity index (χ3v) is 7.79. The second-order valence-corrected chi connectivity index (χ2v) is 11.4. The number of halogens is 1. The minimum Gasteiger partial charge on any atom is -0.491 e. The number of carbonyl (C=O) groups is 1. The highest BCUT2D eigenvalue weighted by molar-refractivity contribution is 7.92. The standard InChI is InChI=1S/C30H29ClN2O4S/c1-21(2)37-27-9-7-8-26(19-27)32-30(34)24-15-13-23(14-16-24)20-33(29-18-25(31)17-12-22(29)3)38(35,36)28-10-5-4-6-11-28/h4-19,21H,20H2,1-3H3,(H,32,34). The summed E-state index contributed by atoms with van der Waals surface area (Å²) < 4.78 is 34.4. The van der Waals surface area contributed by atoms with E-state index >= 15 is 0 Å². The van der Waals surface area contributed by atoms with Crippen LogP contribution in [0.25, 0.3) is 0 Å². The van der Waals surface area contributed by atoms with Gasteiger partial charge in [-0.1, -0.05) is 54.1 Å². The zero-order valence-electron chi connectivity index (χ0n) is 21.4. The molecule has 0 aromatic heterocycles. The molecule has 4 aromatic rings. The SMILES string of the molecule is Cc1ccc(Cl)cc1N(Cc1ccc(C(=O)Nc2cccc(OC(C)C)c2)cc1)S(=O)(=O)c1ccccc1. The number of rotatable bonds is 9. The Kier molecular flexibility index (Phi) is 8.39. The molecule has 0 atom stereocenters. The first-order chi connectivity index (χ1) is 18.1. The molecular weight excluding hydrogens is 520 g/mol. The number of hydrogen-bond donors (Lipinski definition) is 1. The number of hydrogen-bond acceptors (Lipinski definition) is 4. The zero-order valence-corrected chi connectivity index (χ0v) is 23.0. The highest BCUT2D eigenvalue weighted by atomic mass is 35.5. The maximum Gasteiger partial charge on any atom is 0.264 e. The number of nitrogens with zero attached hydrogens (tertiary/aromatic N) is 1. The summed E-state index contributed by atoms with van der Waals surface area (Å²) in [4.78, 5) is 13.0. The lowest BCUT2D eigenvalue weighted by molar-refractivity contribution is 0.102. The number of amides is 1. The van der Waals surface area contributed by atoms with Gasteiger partial charge in [0.15, 0.2) is 0 Å². The number of benzene rings is 4. The van der Waals surface area contributed by atoms with Crippen LogP contribution in [0.3, 0.4) is 0 Å². The molecule has 1 N–H and O–H groups in total. The van der Waals surface area contributed by atoms with Crippen molar-refractivity contribution in [2.24, 2.45) is 0 Å². The van der Waals surface area contributed by atoms with Crippen LogP contribution in [0, 0.1) is 6.92 Å². The molecular formula is C30H29ClN2O4S. The van der Waals surface area contributed by atoms with Crippen LogP contribution >= 0.6 is 11.6 Å². The average Bonchev–Trinajstić information content (AvgIpc) is 2.89. The minimum atomic E-state index is -3.89. The lowest BCUT2D eigenvalue weighted by atomic mass is 10.1. The fourth-order valence-corrected chi connectivity index (χ4v) is 5.62. The van der Waals surface area contributed by atoms with Crippen molar-refractivity contribution < 1.29 is 17.9 Å². The van der Waals surface area contributed by atoms with Crippen molar-refractivity contribution in [3.8, 4) is 5.75 Å². The van der Waals surface area contributed by atoms with Gasteiger partial charge >= 0.3 is 0 Å².